The number of carbonyl (C=O) groups is 2. The van der Waals surface area contributed by atoms with Gasteiger partial charge < -0.3 is 20.3 Å². The van der Waals surface area contributed by atoms with Gasteiger partial charge in [-0.05, 0) is 86.4 Å². The maximum Gasteiger partial charge on any atom is 0.313 e. The van der Waals surface area contributed by atoms with Gasteiger partial charge in [0, 0.05) is 24.9 Å². The first kappa shape index (κ1) is 29.5. The van der Waals surface area contributed by atoms with E-state index in [-0.39, 0.29) is 35.2 Å². The summed E-state index contributed by atoms with van der Waals surface area (Å²) < 4.78 is 21.7. The molecule has 8 heteroatoms. The van der Waals surface area contributed by atoms with Crippen molar-refractivity contribution < 1.29 is 28.9 Å². The van der Waals surface area contributed by atoms with Gasteiger partial charge in [-0.2, -0.15) is 0 Å². The zero-order valence-corrected chi connectivity index (χ0v) is 24.7. The highest BCUT2D eigenvalue weighted by Gasteiger charge is 2.42. The predicted molar refractivity (Wildman–Crippen MR) is 155 cm³/mol. The van der Waals surface area contributed by atoms with E-state index in [0.29, 0.717) is 40.8 Å². The van der Waals surface area contributed by atoms with Gasteiger partial charge in [0.25, 0.3) is 0 Å². The van der Waals surface area contributed by atoms with Crippen LogP contribution in [0.15, 0.2) is 36.4 Å². The van der Waals surface area contributed by atoms with E-state index in [0.717, 1.165) is 32.2 Å². The summed E-state index contributed by atoms with van der Waals surface area (Å²) in [5, 5.41) is 23.8. The second kappa shape index (κ2) is 11.0. The molecule has 2 saturated carbocycles. The Morgan fingerprint density at radius 1 is 1.12 bits per heavy atom. The Morgan fingerprint density at radius 3 is 2.46 bits per heavy atom. The van der Waals surface area contributed by atoms with Crippen LogP contribution in [0.5, 0.6) is 5.75 Å². The Balaban J connectivity index is 1.41. The third kappa shape index (κ3) is 5.86. The number of likely N-dealkylation sites (N-methyl/N-ethyl adjacent to an activating group) is 1. The molecular weight excluding hydrogens is 523 g/mol. The van der Waals surface area contributed by atoms with E-state index in [1.807, 2.05) is 19.2 Å². The summed E-state index contributed by atoms with van der Waals surface area (Å²) in [6.07, 6.45) is 3.29. The van der Waals surface area contributed by atoms with Crippen molar-refractivity contribution in [2.24, 2.45) is 5.41 Å². The molecule has 3 aliphatic rings. The number of carboxylic acid groups (broad SMARTS) is 1. The molecule has 1 aliphatic heterocycles. The van der Waals surface area contributed by atoms with Gasteiger partial charge in [-0.3, -0.25) is 14.5 Å². The molecule has 0 unspecified atom stereocenters. The van der Waals surface area contributed by atoms with Crippen molar-refractivity contribution in [2.75, 3.05) is 13.6 Å². The second-order valence-electron chi connectivity index (χ2n) is 13.7. The minimum Gasteiger partial charge on any atom is -0.490 e. The molecule has 2 aliphatic carbocycles. The lowest BCUT2D eigenvalue weighted by molar-refractivity contribution is -0.142. The molecule has 7 nitrogen and oxygen atoms in total. The number of amides is 1. The van der Waals surface area contributed by atoms with E-state index in [1.54, 1.807) is 32.0 Å². The minimum atomic E-state index is -1.15. The normalized spacial score (nSPS) is 26.5. The zero-order valence-electron chi connectivity index (χ0n) is 24.7. The van der Waals surface area contributed by atoms with Crippen LogP contribution in [0.3, 0.4) is 0 Å². The lowest BCUT2D eigenvalue weighted by Crippen LogP contribution is -2.48. The molecule has 1 saturated heterocycles. The number of aliphatic carboxylic acids is 1. The van der Waals surface area contributed by atoms with Gasteiger partial charge in [0.05, 0.1) is 23.6 Å². The number of hydrogen-bond acceptors (Lipinski definition) is 5. The second-order valence-corrected chi connectivity index (χ2v) is 13.7. The van der Waals surface area contributed by atoms with Gasteiger partial charge in [-0.1, -0.05) is 38.5 Å². The molecule has 3 N–H and O–H groups in total. The number of ether oxygens (including phenoxy) is 1. The van der Waals surface area contributed by atoms with Crippen LogP contribution < -0.4 is 10.1 Å². The van der Waals surface area contributed by atoms with Gasteiger partial charge in [0.2, 0.25) is 5.91 Å². The monoisotopic (exact) mass is 566 g/mol. The molecule has 1 heterocycles. The third-order valence-corrected chi connectivity index (χ3v) is 9.46. The Labute approximate surface area is 242 Å². The Bertz CT molecular complexity index is 1320. The standard InChI is InChI=1S/C33H43FN2O5/c1-32(2)17-26(36(5)18-32)30(38)35-25-15-21(16-27(25)37)41-28-13-12-20(33(3,4)31(39)40)14-23(28)22-10-7-11-24(34)29(22)19-8-6-9-19/h7,10-14,19,21,25-27,37H,6,8-9,15-18H2,1-5H3,(H,35,38)(H,39,40)/t21-,25-,26-,27+/m0/s1. The molecule has 4 atom stereocenters. The van der Waals surface area contributed by atoms with Gasteiger partial charge in [-0.25, -0.2) is 4.39 Å². The smallest absolute Gasteiger partial charge is 0.313 e. The summed E-state index contributed by atoms with van der Waals surface area (Å²) in [5.41, 5.74) is 1.51. The highest BCUT2D eigenvalue weighted by atomic mass is 19.1. The van der Waals surface area contributed by atoms with Gasteiger partial charge in [0.15, 0.2) is 0 Å². The maximum atomic E-state index is 15.2. The molecule has 1 amide bonds. The summed E-state index contributed by atoms with van der Waals surface area (Å²) >= 11 is 0. The summed E-state index contributed by atoms with van der Waals surface area (Å²) in [6.45, 7) is 8.44. The number of halogens is 1. The number of nitrogens with zero attached hydrogens (tertiary/aromatic N) is 1. The molecule has 5 rings (SSSR count). The number of aliphatic hydroxyl groups is 1. The molecule has 0 spiro atoms. The van der Waals surface area contributed by atoms with E-state index < -0.39 is 23.5 Å². The fraction of sp³-hybridized carbons (Fsp3) is 0.576. The van der Waals surface area contributed by atoms with E-state index in [1.165, 1.54) is 6.07 Å². The van der Waals surface area contributed by atoms with Crippen LogP contribution in [0.4, 0.5) is 4.39 Å². The highest BCUT2D eigenvalue weighted by molar-refractivity contribution is 5.83. The van der Waals surface area contributed by atoms with Crippen LogP contribution in [0.2, 0.25) is 0 Å². The van der Waals surface area contributed by atoms with Crippen LogP contribution in [0, 0.1) is 11.2 Å². The molecule has 0 bridgehead atoms. The van der Waals surface area contributed by atoms with Crippen molar-refractivity contribution in [3.63, 3.8) is 0 Å². The summed E-state index contributed by atoms with van der Waals surface area (Å²) in [7, 11) is 1.96. The number of carboxylic acids is 1. The summed E-state index contributed by atoms with van der Waals surface area (Å²) in [4.78, 5) is 27.3. The number of rotatable bonds is 8. The number of likely N-dealkylation sites (tertiary alicyclic amines) is 1. The van der Waals surface area contributed by atoms with Crippen LogP contribution in [-0.2, 0) is 15.0 Å². The largest absolute Gasteiger partial charge is 0.490 e. The highest BCUT2D eigenvalue weighted by Crippen LogP contribution is 2.46. The molecule has 0 radical (unpaired) electrons. The van der Waals surface area contributed by atoms with E-state index in [4.69, 9.17) is 4.74 Å². The van der Waals surface area contributed by atoms with Crippen molar-refractivity contribution in [1.82, 2.24) is 10.2 Å². The number of benzene rings is 2. The topological polar surface area (TPSA) is 99.1 Å². The first-order valence-electron chi connectivity index (χ1n) is 14.8. The molecule has 3 fully saturated rings. The van der Waals surface area contributed by atoms with Crippen molar-refractivity contribution in [1.29, 1.82) is 0 Å². The van der Waals surface area contributed by atoms with Gasteiger partial charge >= 0.3 is 5.97 Å². The van der Waals surface area contributed by atoms with Gasteiger partial charge in [0.1, 0.15) is 17.7 Å². The van der Waals surface area contributed by atoms with Crippen LogP contribution in [-0.4, -0.2) is 64.9 Å². The fourth-order valence-electron chi connectivity index (χ4n) is 6.74. The minimum absolute atomic E-state index is 0.0592. The first-order chi connectivity index (χ1) is 19.3. The number of nitrogens with one attached hydrogen (secondary N) is 1. The molecule has 2 aromatic rings. The molecule has 0 aromatic heterocycles. The summed E-state index contributed by atoms with van der Waals surface area (Å²) in [5.74, 6) is -0.664. The average Bonchev–Trinajstić information content (AvgIpc) is 3.35. The average molecular weight is 567 g/mol. The Kier molecular flexibility index (Phi) is 7.94. The van der Waals surface area contributed by atoms with Gasteiger partial charge in [-0.15, -0.1) is 0 Å². The number of carbonyl (C=O) groups excluding carboxylic acids is 1. The quantitative estimate of drug-likeness (QED) is 0.404. The van der Waals surface area contributed by atoms with Crippen molar-refractivity contribution >= 4 is 11.9 Å². The SMILES string of the molecule is CN1CC(C)(C)C[C@H]1C(=O)N[C@H]1C[C@H](Oc2ccc(C(C)(C)C(=O)O)cc2-c2cccc(F)c2C2CCC2)C[C@H]1O. The Morgan fingerprint density at radius 2 is 1.85 bits per heavy atom. The van der Waals surface area contributed by atoms with E-state index >= 15 is 4.39 Å². The first-order valence-corrected chi connectivity index (χ1v) is 14.8. The predicted octanol–water partition coefficient (Wildman–Crippen LogP) is 5.24. The Hall–Kier alpha value is -2.97. The molecule has 2 aromatic carbocycles. The van der Waals surface area contributed by atoms with E-state index in [2.05, 4.69) is 24.1 Å². The fourth-order valence-corrected chi connectivity index (χ4v) is 6.74. The lowest BCUT2D eigenvalue weighted by atomic mass is 9.76. The zero-order chi connectivity index (χ0) is 29.7. The van der Waals surface area contributed by atoms with Crippen LogP contribution in [0.1, 0.15) is 83.3 Å². The van der Waals surface area contributed by atoms with Crippen molar-refractivity contribution in [3.05, 3.63) is 53.3 Å². The third-order valence-electron chi connectivity index (χ3n) is 9.46. The molecule has 222 valence electrons. The van der Waals surface area contributed by atoms with E-state index in [9.17, 15) is 19.8 Å². The lowest BCUT2D eigenvalue weighted by Gasteiger charge is -2.30. The van der Waals surface area contributed by atoms with Crippen molar-refractivity contribution in [3.8, 4) is 16.9 Å². The summed E-state index contributed by atoms with van der Waals surface area (Å²) in [6, 6.07) is 9.69. The van der Waals surface area contributed by atoms with Crippen LogP contribution in [0.25, 0.3) is 11.1 Å². The van der Waals surface area contributed by atoms with Crippen LogP contribution >= 0.6 is 0 Å². The number of aliphatic hydroxyl groups excluding tert-OH is 1. The number of hydrogen-bond donors (Lipinski definition) is 3. The maximum absolute atomic E-state index is 15.2. The molecule has 41 heavy (non-hydrogen) atoms. The molecular formula is C33H43FN2O5. The van der Waals surface area contributed by atoms with Crippen molar-refractivity contribution in [2.45, 2.75) is 102 Å².